The highest BCUT2D eigenvalue weighted by atomic mass is 15.1. The maximum Gasteiger partial charge on any atom is 0.220 e. The lowest BCUT2D eigenvalue weighted by Gasteiger charge is -2.03. The molecular formula is C12H10N6. The quantitative estimate of drug-likeness (QED) is 0.705. The fourth-order valence-electron chi connectivity index (χ4n) is 1.68. The number of anilines is 1. The average molecular weight is 238 g/mol. The Bertz CT molecular complexity index is 662. The Balaban J connectivity index is 2.06. The van der Waals surface area contributed by atoms with Crippen molar-refractivity contribution in [3.05, 3.63) is 43.0 Å². The SMILES string of the molecule is Nc1nccc(-c2cncc(-c3ccn[nH]3)c2)n1. The minimum absolute atomic E-state index is 0.249. The lowest BCUT2D eigenvalue weighted by atomic mass is 10.1. The van der Waals surface area contributed by atoms with Crippen molar-refractivity contribution in [3.63, 3.8) is 0 Å². The summed E-state index contributed by atoms with van der Waals surface area (Å²) in [6.07, 6.45) is 6.83. The van der Waals surface area contributed by atoms with Crippen molar-refractivity contribution < 1.29 is 0 Å². The molecule has 3 aromatic heterocycles. The number of nitrogen functional groups attached to an aromatic ring is 1. The second-order valence-electron chi connectivity index (χ2n) is 3.73. The number of hydrogen-bond donors (Lipinski definition) is 2. The highest BCUT2D eigenvalue weighted by Crippen LogP contribution is 2.22. The molecule has 18 heavy (non-hydrogen) atoms. The van der Waals surface area contributed by atoms with Gasteiger partial charge >= 0.3 is 0 Å². The van der Waals surface area contributed by atoms with Gasteiger partial charge in [0.15, 0.2) is 0 Å². The van der Waals surface area contributed by atoms with Gasteiger partial charge in [-0.2, -0.15) is 5.10 Å². The van der Waals surface area contributed by atoms with E-state index in [4.69, 9.17) is 5.73 Å². The van der Waals surface area contributed by atoms with Crippen LogP contribution in [0.2, 0.25) is 0 Å². The van der Waals surface area contributed by atoms with Gasteiger partial charge < -0.3 is 5.73 Å². The van der Waals surface area contributed by atoms with Crippen LogP contribution in [0.25, 0.3) is 22.5 Å². The van der Waals surface area contributed by atoms with Crippen LogP contribution < -0.4 is 5.73 Å². The van der Waals surface area contributed by atoms with Crippen LogP contribution in [0.15, 0.2) is 43.0 Å². The Labute approximate surface area is 103 Å². The van der Waals surface area contributed by atoms with Gasteiger partial charge in [-0.1, -0.05) is 0 Å². The summed E-state index contributed by atoms with van der Waals surface area (Å²) < 4.78 is 0. The lowest BCUT2D eigenvalue weighted by Crippen LogP contribution is -1.95. The Morgan fingerprint density at radius 3 is 2.72 bits per heavy atom. The van der Waals surface area contributed by atoms with Crippen molar-refractivity contribution in [2.75, 3.05) is 5.73 Å². The summed E-state index contributed by atoms with van der Waals surface area (Å²) in [5.74, 6) is 0.249. The molecule has 0 spiro atoms. The number of aromatic nitrogens is 5. The number of nitrogens with one attached hydrogen (secondary N) is 1. The fourth-order valence-corrected chi connectivity index (χ4v) is 1.68. The van der Waals surface area contributed by atoms with Crippen LogP contribution in [0.4, 0.5) is 5.95 Å². The first-order valence-electron chi connectivity index (χ1n) is 5.36. The zero-order valence-corrected chi connectivity index (χ0v) is 9.41. The Morgan fingerprint density at radius 1 is 1.06 bits per heavy atom. The van der Waals surface area contributed by atoms with Crippen molar-refractivity contribution >= 4 is 5.95 Å². The minimum Gasteiger partial charge on any atom is -0.368 e. The molecule has 0 amide bonds. The highest BCUT2D eigenvalue weighted by molar-refractivity contribution is 5.67. The summed E-state index contributed by atoms with van der Waals surface area (Å²) in [6.45, 7) is 0. The molecule has 3 N–H and O–H groups in total. The van der Waals surface area contributed by atoms with Gasteiger partial charge in [0.05, 0.1) is 11.4 Å². The van der Waals surface area contributed by atoms with Gasteiger partial charge in [-0.3, -0.25) is 10.1 Å². The van der Waals surface area contributed by atoms with E-state index >= 15 is 0 Å². The largest absolute Gasteiger partial charge is 0.368 e. The zero-order chi connectivity index (χ0) is 12.4. The van der Waals surface area contributed by atoms with Gasteiger partial charge in [0.1, 0.15) is 0 Å². The molecule has 6 nitrogen and oxygen atoms in total. The number of rotatable bonds is 2. The van der Waals surface area contributed by atoms with Gasteiger partial charge in [0, 0.05) is 35.9 Å². The number of nitrogens with two attached hydrogens (primary N) is 1. The summed E-state index contributed by atoms with van der Waals surface area (Å²) in [6, 6.07) is 5.65. The van der Waals surface area contributed by atoms with E-state index in [1.165, 1.54) is 0 Å². The molecule has 0 saturated carbocycles. The topological polar surface area (TPSA) is 93.4 Å². The third-order valence-electron chi connectivity index (χ3n) is 2.52. The molecule has 0 aliphatic heterocycles. The van der Waals surface area contributed by atoms with Crippen LogP contribution in [0.3, 0.4) is 0 Å². The predicted octanol–water partition coefficient (Wildman–Crippen LogP) is 1.51. The average Bonchev–Trinajstić information content (AvgIpc) is 2.93. The van der Waals surface area contributed by atoms with Crippen molar-refractivity contribution in [1.82, 2.24) is 25.1 Å². The number of aromatic amines is 1. The van der Waals surface area contributed by atoms with Gasteiger partial charge in [-0.05, 0) is 18.2 Å². The van der Waals surface area contributed by atoms with E-state index in [-0.39, 0.29) is 5.95 Å². The Morgan fingerprint density at radius 2 is 1.94 bits per heavy atom. The van der Waals surface area contributed by atoms with Gasteiger partial charge in [-0.25, -0.2) is 9.97 Å². The Kier molecular flexibility index (Phi) is 2.45. The first-order valence-corrected chi connectivity index (χ1v) is 5.36. The summed E-state index contributed by atoms with van der Waals surface area (Å²) >= 11 is 0. The smallest absolute Gasteiger partial charge is 0.220 e. The molecule has 88 valence electrons. The molecule has 0 saturated heterocycles. The fraction of sp³-hybridized carbons (Fsp3) is 0. The highest BCUT2D eigenvalue weighted by Gasteiger charge is 2.04. The van der Waals surface area contributed by atoms with Crippen molar-refractivity contribution in [2.24, 2.45) is 0 Å². The number of nitrogens with zero attached hydrogens (tertiary/aromatic N) is 4. The van der Waals surface area contributed by atoms with E-state index in [1.807, 2.05) is 12.1 Å². The van der Waals surface area contributed by atoms with Crippen molar-refractivity contribution in [1.29, 1.82) is 0 Å². The van der Waals surface area contributed by atoms with E-state index in [0.717, 1.165) is 22.5 Å². The van der Waals surface area contributed by atoms with Crippen LogP contribution >= 0.6 is 0 Å². The molecule has 0 aromatic carbocycles. The maximum atomic E-state index is 5.57. The molecule has 0 aliphatic rings. The van der Waals surface area contributed by atoms with E-state index in [2.05, 4.69) is 25.1 Å². The summed E-state index contributed by atoms with van der Waals surface area (Å²) in [7, 11) is 0. The normalized spacial score (nSPS) is 10.4. The molecule has 0 radical (unpaired) electrons. The molecule has 0 bridgehead atoms. The zero-order valence-electron chi connectivity index (χ0n) is 9.41. The first-order chi connectivity index (χ1) is 8.83. The number of hydrogen-bond acceptors (Lipinski definition) is 5. The molecular weight excluding hydrogens is 228 g/mol. The molecule has 0 fully saturated rings. The third-order valence-corrected chi connectivity index (χ3v) is 2.52. The van der Waals surface area contributed by atoms with Crippen LogP contribution in [-0.4, -0.2) is 25.1 Å². The standard InChI is InChI=1S/C12H10N6/c13-12-15-3-1-10(17-12)8-5-9(7-14-6-8)11-2-4-16-18-11/h1-7H,(H,16,18)(H2,13,15,17). The summed E-state index contributed by atoms with van der Waals surface area (Å²) in [4.78, 5) is 12.2. The maximum absolute atomic E-state index is 5.57. The van der Waals surface area contributed by atoms with E-state index < -0.39 is 0 Å². The van der Waals surface area contributed by atoms with Crippen molar-refractivity contribution in [3.8, 4) is 22.5 Å². The molecule has 0 unspecified atom stereocenters. The van der Waals surface area contributed by atoms with Crippen molar-refractivity contribution in [2.45, 2.75) is 0 Å². The first kappa shape index (κ1) is 10.4. The molecule has 3 heterocycles. The second-order valence-corrected chi connectivity index (χ2v) is 3.73. The molecule has 3 aromatic rings. The Hall–Kier alpha value is -2.76. The molecule has 3 rings (SSSR count). The number of pyridine rings is 1. The monoisotopic (exact) mass is 238 g/mol. The predicted molar refractivity (Wildman–Crippen MR) is 67.3 cm³/mol. The number of H-pyrrole nitrogens is 1. The second kappa shape index (κ2) is 4.25. The molecule has 0 atom stereocenters. The lowest BCUT2D eigenvalue weighted by molar-refractivity contribution is 1.09. The summed E-state index contributed by atoms with van der Waals surface area (Å²) in [5.41, 5.74) is 9.06. The van der Waals surface area contributed by atoms with Gasteiger partial charge in [-0.15, -0.1) is 0 Å². The van der Waals surface area contributed by atoms with Crippen LogP contribution in [0.1, 0.15) is 0 Å². The summed E-state index contributed by atoms with van der Waals surface area (Å²) in [5, 5.41) is 6.81. The van der Waals surface area contributed by atoms with Gasteiger partial charge in [0.2, 0.25) is 5.95 Å². The van der Waals surface area contributed by atoms with Crippen LogP contribution in [0.5, 0.6) is 0 Å². The van der Waals surface area contributed by atoms with Gasteiger partial charge in [0.25, 0.3) is 0 Å². The third kappa shape index (κ3) is 1.91. The van der Waals surface area contributed by atoms with Crippen LogP contribution in [0, 0.1) is 0 Å². The van der Waals surface area contributed by atoms with Crippen LogP contribution in [-0.2, 0) is 0 Å². The molecule has 6 heteroatoms. The van der Waals surface area contributed by atoms with E-state index in [0.29, 0.717) is 0 Å². The van der Waals surface area contributed by atoms with E-state index in [9.17, 15) is 0 Å². The molecule has 0 aliphatic carbocycles. The van der Waals surface area contributed by atoms with E-state index in [1.54, 1.807) is 30.9 Å². The minimum atomic E-state index is 0.249.